The van der Waals surface area contributed by atoms with Crippen molar-refractivity contribution >= 4 is 17.5 Å². The fourth-order valence-corrected chi connectivity index (χ4v) is 2.57. The van der Waals surface area contributed by atoms with E-state index in [1.54, 1.807) is 42.7 Å². The summed E-state index contributed by atoms with van der Waals surface area (Å²) in [5.74, 6) is 0.536. The van der Waals surface area contributed by atoms with E-state index in [4.69, 9.17) is 16.1 Å². The molecule has 0 fully saturated rings. The number of aromatic nitrogens is 3. The molecule has 6 nitrogen and oxygen atoms in total. The number of hydrogen-bond acceptors (Lipinski definition) is 5. The number of nitrogens with one attached hydrogen (secondary N) is 1. The Balaban J connectivity index is 1.84. The van der Waals surface area contributed by atoms with Gasteiger partial charge >= 0.3 is 0 Å². The maximum Gasteiger partial charge on any atom is 0.253 e. The summed E-state index contributed by atoms with van der Waals surface area (Å²) in [6.45, 7) is 3.93. The molecule has 2 heterocycles. The molecule has 0 aliphatic heterocycles. The molecule has 3 aromatic rings. The molecule has 0 aliphatic rings. The minimum absolute atomic E-state index is 0.0497. The molecule has 1 amide bonds. The van der Waals surface area contributed by atoms with Gasteiger partial charge in [0.05, 0.1) is 10.6 Å². The van der Waals surface area contributed by atoms with Gasteiger partial charge < -0.3 is 9.84 Å². The molecule has 1 N–H and O–H groups in total. The summed E-state index contributed by atoms with van der Waals surface area (Å²) in [6, 6.07) is 10.1. The van der Waals surface area contributed by atoms with Crippen LogP contribution in [0.1, 0.15) is 36.1 Å². The van der Waals surface area contributed by atoms with Crippen LogP contribution in [0.4, 0.5) is 0 Å². The zero-order valence-electron chi connectivity index (χ0n) is 13.8. The van der Waals surface area contributed by atoms with Gasteiger partial charge in [-0.1, -0.05) is 42.7 Å². The smallest absolute Gasteiger partial charge is 0.253 e. The SMILES string of the molecule is CC(C)[C@H](NC(=O)c1ccccc1Cl)c1nc(-c2cccnc2)no1. The Morgan fingerprint density at radius 2 is 2.00 bits per heavy atom. The molecule has 0 aliphatic carbocycles. The molecule has 25 heavy (non-hydrogen) atoms. The molecule has 2 aromatic heterocycles. The summed E-state index contributed by atoms with van der Waals surface area (Å²) >= 11 is 6.09. The Morgan fingerprint density at radius 3 is 2.68 bits per heavy atom. The maximum atomic E-state index is 12.5. The number of rotatable bonds is 5. The maximum absolute atomic E-state index is 12.5. The quantitative estimate of drug-likeness (QED) is 0.749. The zero-order chi connectivity index (χ0) is 17.8. The number of halogens is 1. The first-order valence-electron chi connectivity index (χ1n) is 7.85. The molecule has 1 aromatic carbocycles. The Bertz CT molecular complexity index is 864. The summed E-state index contributed by atoms with van der Waals surface area (Å²) in [4.78, 5) is 21.0. The summed E-state index contributed by atoms with van der Waals surface area (Å²) in [5.41, 5.74) is 1.15. The largest absolute Gasteiger partial charge is 0.340 e. The van der Waals surface area contributed by atoms with Crippen molar-refractivity contribution < 1.29 is 9.32 Å². The second-order valence-electron chi connectivity index (χ2n) is 5.87. The molecule has 3 rings (SSSR count). The van der Waals surface area contributed by atoms with Crippen LogP contribution in [0.2, 0.25) is 5.02 Å². The second kappa shape index (κ2) is 7.44. The molecule has 0 bridgehead atoms. The third kappa shape index (κ3) is 3.85. The van der Waals surface area contributed by atoms with E-state index in [2.05, 4.69) is 20.4 Å². The number of nitrogens with zero attached hydrogens (tertiary/aromatic N) is 3. The normalized spacial score (nSPS) is 12.2. The summed E-state index contributed by atoms with van der Waals surface area (Å²) in [6.07, 6.45) is 3.33. The van der Waals surface area contributed by atoms with Gasteiger partial charge in [-0.05, 0) is 30.2 Å². The second-order valence-corrected chi connectivity index (χ2v) is 6.28. The van der Waals surface area contributed by atoms with Gasteiger partial charge in [0.1, 0.15) is 6.04 Å². The van der Waals surface area contributed by atoms with Gasteiger partial charge in [-0.2, -0.15) is 4.98 Å². The van der Waals surface area contributed by atoms with Crippen LogP contribution < -0.4 is 5.32 Å². The molecule has 0 saturated carbocycles. The number of amides is 1. The van der Waals surface area contributed by atoms with E-state index >= 15 is 0 Å². The first-order chi connectivity index (χ1) is 12.1. The Hall–Kier alpha value is -2.73. The standard InChI is InChI=1S/C18H17ClN4O2/c1-11(2)15(21-17(24)13-7-3-4-8-14(13)19)18-22-16(23-25-18)12-6-5-9-20-10-12/h3-11,15H,1-2H3,(H,21,24)/t15-/m0/s1. The van der Waals surface area contributed by atoms with E-state index in [-0.39, 0.29) is 11.8 Å². The molecule has 0 unspecified atom stereocenters. The van der Waals surface area contributed by atoms with Gasteiger partial charge in [0.15, 0.2) is 0 Å². The molecule has 128 valence electrons. The van der Waals surface area contributed by atoms with Crippen molar-refractivity contribution in [2.24, 2.45) is 5.92 Å². The van der Waals surface area contributed by atoms with E-state index in [0.717, 1.165) is 5.56 Å². The lowest BCUT2D eigenvalue weighted by molar-refractivity contribution is 0.0914. The number of benzene rings is 1. The monoisotopic (exact) mass is 356 g/mol. The van der Waals surface area contributed by atoms with Crippen molar-refractivity contribution in [3.8, 4) is 11.4 Å². The zero-order valence-corrected chi connectivity index (χ0v) is 14.6. The van der Waals surface area contributed by atoms with E-state index < -0.39 is 6.04 Å². The highest BCUT2D eigenvalue weighted by Gasteiger charge is 2.26. The molecule has 0 saturated heterocycles. The van der Waals surface area contributed by atoms with Gasteiger partial charge in [0.2, 0.25) is 11.7 Å². The average molecular weight is 357 g/mol. The lowest BCUT2D eigenvalue weighted by atomic mass is 10.0. The Kier molecular flexibility index (Phi) is 5.09. The summed E-state index contributed by atoms with van der Waals surface area (Å²) < 4.78 is 5.37. The molecule has 7 heteroatoms. The van der Waals surface area contributed by atoms with Crippen LogP contribution in [0, 0.1) is 5.92 Å². The Morgan fingerprint density at radius 1 is 1.20 bits per heavy atom. The number of carbonyl (C=O) groups excluding carboxylic acids is 1. The van der Waals surface area contributed by atoms with Crippen molar-refractivity contribution in [1.29, 1.82) is 0 Å². The number of hydrogen-bond donors (Lipinski definition) is 1. The highest BCUT2D eigenvalue weighted by molar-refractivity contribution is 6.33. The third-order valence-corrected chi connectivity index (χ3v) is 4.03. The van der Waals surface area contributed by atoms with Gasteiger partial charge in [0, 0.05) is 18.0 Å². The van der Waals surface area contributed by atoms with Crippen LogP contribution in [-0.2, 0) is 0 Å². The van der Waals surface area contributed by atoms with Crippen LogP contribution in [0.3, 0.4) is 0 Å². The first kappa shape index (κ1) is 17.1. The number of carbonyl (C=O) groups is 1. The minimum Gasteiger partial charge on any atom is -0.340 e. The summed E-state index contributed by atoms with van der Waals surface area (Å²) in [7, 11) is 0. The predicted octanol–water partition coefficient (Wildman–Crippen LogP) is 3.91. The topological polar surface area (TPSA) is 80.9 Å². The van der Waals surface area contributed by atoms with E-state index in [0.29, 0.717) is 22.3 Å². The predicted molar refractivity (Wildman–Crippen MR) is 94.0 cm³/mol. The van der Waals surface area contributed by atoms with Crippen molar-refractivity contribution in [1.82, 2.24) is 20.4 Å². The lowest BCUT2D eigenvalue weighted by Crippen LogP contribution is -2.32. The first-order valence-corrected chi connectivity index (χ1v) is 8.23. The minimum atomic E-state index is -0.429. The van der Waals surface area contributed by atoms with Crippen LogP contribution in [0.5, 0.6) is 0 Å². The van der Waals surface area contributed by atoms with Gasteiger partial charge in [-0.15, -0.1) is 0 Å². The van der Waals surface area contributed by atoms with Crippen LogP contribution in [-0.4, -0.2) is 21.0 Å². The number of pyridine rings is 1. The fourth-order valence-electron chi connectivity index (χ4n) is 2.35. The molecule has 0 spiro atoms. The highest BCUT2D eigenvalue weighted by Crippen LogP contribution is 2.24. The van der Waals surface area contributed by atoms with Crippen molar-refractivity contribution in [2.75, 3.05) is 0 Å². The van der Waals surface area contributed by atoms with E-state index in [9.17, 15) is 4.79 Å². The van der Waals surface area contributed by atoms with Crippen molar-refractivity contribution in [3.63, 3.8) is 0 Å². The van der Waals surface area contributed by atoms with Gasteiger partial charge in [0.25, 0.3) is 5.91 Å². The van der Waals surface area contributed by atoms with E-state index in [1.165, 1.54) is 0 Å². The summed E-state index contributed by atoms with van der Waals surface area (Å²) in [5, 5.41) is 7.30. The fraction of sp³-hybridized carbons (Fsp3) is 0.222. The molecular weight excluding hydrogens is 340 g/mol. The van der Waals surface area contributed by atoms with Crippen LogP contribution >= 0.6 is 11.6 Å². The molecular formula is C18H17ClN4O2. The van der Waals surface area contributed by atoms with Crippen molar-refractivity contribution in [2.45, 2.75) is 19.9 Å². The molecule has 0 radical (unpaired) electrons. The third-order valence-electron chi connectivity index (χ3n) is 3.70. The van der Waals surface area contributed by atoms with E-state index in [1.807, 2.05) is 19.9 Å². The van der Waals surface area contributed by atoms with Gasteiger partial charge in [-0.3, -0.25) is 9.78 Å². The van der Waals surface area contributed by atoms with Crippen molar-refractivity contribution in [3.05, 3.63) is 65.3 Å². The lowest BCUT2D eigenvalue weighted by Gasteiger charge is -2.18. The molecule has 1 atom stereocenters. The van der Waals surface area contributed by atoms with Crippen LogP contribution in [0.15, 0.2) is 53.3 Å². The van der Waals surface area contributed by atoms with Crippen LogP contribution in [0.25, 0.3) is 11.4 Å². The van der Waals surface area contributed by atoms with Gasteiger partial charge in [-0.25, -0.2) is 0 Å². The highest BCUT2D eigenvalue weighted by atomic mass is 35.5. The Labute approximate surface area is 150 Å². The average Bonchev–Trinajstić information content (AvgIpc) is 3.10.